The standard InChI is InChI=1S/C8H6O3S/c9-12(10)6-5-7-3-1-2-4-8(7)11-12/h1-6H. The summed E-state index contributed by atoms with van der Waals surface area (Å²) in [6, 6.07) is 6.97. The second-order valence-corrected chi connectivity index (χ2v) is 3.84. The van der Waals surface area contributed by atoms with Crippen LogP contribution in [0.15, 0.2) is 29.7 Å². The molecule has 1 aliphatic rings. The van der Waals surface area contributed by atoms with Gasteiger partial charge in [-0.1, -0.05) is 18.2 Å². The maximum Gasteiger partial charge on any atom is 0.332 e. The molecule has 0 aromatic heterocycles. The van der Waals surface area contributed by atoms with Crippen molar-refractivity contribution in [3.05, 3.63) is 35.2 Å². The predicted molar refractivity (Wildman–Crippen MR) is 45.0 cm³/mol. The monoisotopic (exact) mass is 182 g/mol. The summed E-state index contributed by atoms with van der Waals surface area (Å²) >= 11 is 0. The van der Waals surface area contributed by atoms with Crippen molar-refractivity contribution in [2.24, 2.45) is 0 Å². The summed E-state index contributed by atoms with van der Waals surface area (Å²) in [6.45, 7) is 0. The molecule has 2 rings (SSSR count). The predicted octanol–water partition coefficient (Wildman–Crippen LogP) is 1.38. The third-order valence-corrected chi connectivity index (χ3v) is 2.42. The van der Waals surface area contributed by atoms with Gasteiger partial charge in [-0.15, -0.1) is 0 Å². The molecule has 0 saturated carbocycles. The molecule has 12 heavy (non-hydrogen) atoms. The van der Waals surface area contributed by atoms with E-state index in [1.165, 1.54) is 6.08 Å². The molecule has 0 fully saturated rings. The van der Waals surface area contributed by atoms with Crippen molar-refractivity contribution < 1.29 is 12.6 Å². The molecule has 0 amide bonds. The highest BCUT2D eigenvalue weighted by atomic mass is 32.2. The molecule has 0 bridgehead atoms. The molecule has 0 atom stereocenters. The van der Waals surface area contributed by atoms with Gasteiger partial charge in [0.15, 0.2) is 0 Å². The fourth-order valence-corrected chi connectivity index (χ4v) is 1.77. The number of hydrogen-bond acceptors (Lipinski definition) is 3. The molecule has 1 aromatic rings. The summed E-state index contributed by atoms with van der Waals surface area (Å²) in [6.07, 6.45) is 1.52. The fourth-order valence-electron chi connectivity index (χ4n) is 1.00. The Kier molecular flexibility index (Phi) is 1.44. The highest BCUT2D eigenvalue weighted by Gasteiger charge is 2.15. The average molecular weight is 182 g/mol. The maximum atomic E-state index is 10.9. The van der Waals surface area contributed by atoms with Gasteiger partial charge in [-0.3, -0.25) is 0 Å². The summed E-state index contributed by atoms with van der Waals surface area (Å²) in [4.78, 5) is 0. The zero-order valence-corrected chi connectivity index (χ0v) is 6.91. The van der Waals surface area contributed by atoms with Crippen molar-refractivity contribution in [1.82, 2.24) is 0 Å². The van der Waals surface area contributed by atoms with E-state index in [1.54, 1.807) is 18.2 Å². The van der Waals surface area contributed by atoms with Gasteiger partial charge in [0.2, 0.25) is 0 Å². The lowest BCUT2D eigenvalue weighted by molar-refractivity contribution is 0.494. The van der Waals surface area contributed by atoms with Crippen LogP contribution in [0.25, 0.3) is 6.08 Å². The number of rotatable bonds is 0. The molecule has 1 aromatic carbocycles. The first-order valence-electron chi connectivity index (χ1n) is 3.39. The van der Waals surface area contributed by atoms with Crippen LogP contribution >= 0.6 is 0 Å². The molecule has 0 spiro atoms. The third-order valence-electron chi connectivity index (χ3n) is 1.54. The van der Waals surface area contributed by atoms with E-state index in [-0.39, 0.29) is 0 Å². The lowest BCUT2D eigenvalue weighted by Crippen LogP contribution is -2.08. The minimum absolute atomic E-state index is 0.389. The minimum atomic E-state index is -3.48. The van der Waals surface area contributed by atoms with Crippen LogP contribution in [-0.4, -0.2) is 8.42 Å². The highest BCUT2D eigenvalue weighted by Crippen LogP contribution is 2.25. The van der Waals surface area contributed by atoms with Gasteiger partial charge >= 0.3 is 10.1 Å². The normalized spacial score (nSPS) is 18.0. The molecule has 0 aliphatic carbocycles. The third kappa shape index (κ3) is 1.21. The van der Waals surface area contributed by atoms with Crippen molar-refractivity contribution >= 4 is 16.2 Å². The molecule has 1 heterocycles. The van der Waals surface area contributed by atoms with Crippen molar-refractivity contribution in [3.63, 3.8) is 0 Å². The lowest BCUT2D eigenvalue weighted by Gasteiger charge is -2.10. The zero-order valence-electron chi connectivity index (χ0n) is 6.10. The average Bonchev–Trinajstić information content (AvgIpc) is 2.02. The van der Waals surface area contributed by atoms with E-state index in [2.05, 4.69) is 0 Å². The van der Waals surface area contributed by atoms with Crippen LogP contribution < -0.4 is 4.18 Å². The summed E-state index contributed by atoms with van der Waals surface area (Å²) in [5, 5.41) is 1.05. The molecular formula is C8H6O3S. The van der Waals surface area contributed by atoms with E-state index in [0.717, 1.165) is 11.0 Å². The van der Waals surface area contributed by atoms with Crippen LogP contribution in [0.3, 0.4) is 0 Å². The first-order valence-corrected chi connectivity index (χ1v) is 4.86. The Morgan fingerprint density at radius 2 is 1.92 bits per heavy atom. The van der Waals surface area contributed by atoms with E-state index in [4.69, 9.17) is 4.18 Å². The number of hydrogen-bond donors (Lipinski definition) is 0. The van der Waals surface area contributed by atoms with E-state index >= 15 is 0 Å². The smallest absolute Gasteiger partial charge is 0.332 e. The Labute approximate surface area is 70.4 Å². The molecule has 62 valence electrons. The Morgan fingerprint density at radius 3 is 2.75 bits per heavy atom. The van der Waals surface area contributed by atoms with Crippen LogP contribution in [0.4, 0.5) is 0 Å². The molecular weight excluding hydrogens is 176 g/mol. The summed E-state index contributed by atoms with van der Waals surface area (Å²) in [5.41, 5.74) is 0.785. The summed E-state index contributed by atoms with van der Waals surface area (Å²) < 4.78 is 26.5. The van der Waals surface area contributed by atoms with Crippen LogP contribution in [-0.2, 0) is 10.1 Å². The molecule has 0 radical (unpaired) electrons. The topological polar surface area (TPSA) is 43.4 Å². The van der Waals surface area contributed by atoms with E-state index in [9.17, 15) is 8.42 Å². The Hall–Kier alpha value is -1.29. The second kappa shape index (κ2) is 2.35. The van der Waals surface area contributed by atoms with Gasteiger partial charge in [0, 0.05) is 5.56 Å². The summed E-state index contributed by atoms with van der Waals surface area (Å²) in [5.74, 6) is 0.389. The molecule has 4 heteroatoms. The number of fused-ring (bicyclic) bond motifs is 1. The second-order valence-electron chi connectivity index (χ2n) is 2.42. The first kappa shape index (κ1) is 7.36. The van der Waals surface area contributed by atoms with Gasteiger partial charge in [-0.05, 0) is 12.1 Å². The molecule has 0 N–H and O–H groups in total. The Bertz CT molecular complexity index is 431. The Balaban J connectivity index is 2.61. The van der Waals surface area contributed by atoms with Crippen LogP contribution in [0.5, 0.6) is 5.75 Å². The van der Waals surface area contributed by atoms with E-state index < -0.39 is 10.1 Å². The number of benzene rings is 1. The van der Waals surface area contributed by atoms with Gasteiger partial charge < -0.3 is 4.18 Å². The fraction of sp³-hybridized carbons (Fsp3) is 0. The Morgan fingerprint density at radius 1 is 1.17 bits per heavy atom. The van der Waals surface area contributed by atoms with Crippen molar-refractivity contribution in [2.75, 3.05) is 0 Å². The summed E-state index contributed by atoms with van der Waals surface area (Å²) in [7, 11) is -3.48. The largest absolute Gasteiger partial charge is 0.379 e. The van der Waals surface area contributed by atoms with Gasteiger partial charge in [0.25, 0.3) is 0 Å². The first-order chi connectivity index (χ1) is 5.67. The molecule has 0 saturated heterocycles. The van der Waals surface area contributed by atoms with Crippen molar-refractivity contribution in [3.8, 4) is 5.75 Å². The van der Waals surface area contributed by atoms with Crippen LogP contribution in [0.1, 0.15) is 5.56 Å². The maximum absolute atomic E-state index is 10.9. The molecule has 1 aliphatic heterocycles. The van der Waals surface area contributed by atoms with E-state index in [0.29, 0.717) is 5.75 Å². The van der Waals surface area contributed by atoms with Gasteiger partial charge in [-0.25, -0.2) is 0 Å². The highest BCUT2D eigenvalue weighted by molar-refractivity contribution is 7.90. The molecule has 0 unspecified atom stereocenters. The lowest BCUT2D eigenvalue weighted by atomic mass is 10.2. The number of para-hydroxylation sites is 1. The van der Waals surface area contributed by atoms with Crippen molar-refractivity contribution in [1.29, 1.82) is 0 Å². The van der Waals surface area contributed by atoms with E-state index in [1.807, 2.05) is 6.07 Å². The minimum Gasteiger partial charge on any atom is -0.379 e. The van der Waals surface area contributed by atoms with Crippen LogP contribution in [0, 0.1) is 0 Å². The van der Waals surface area contributed by atoms with Gasteiger partial charge in [0.05, 0.1) is 5.41 Å². The zero-order chi connectivity index (χ0) is 8.60. The van der Waals surface area contributed by atoms with Crippen molar-refractivity contribution in [2.45, 2.75) is 0 Å². The molecule has 3 nitrogen and oxygen atoms in total. The van der Waals surface area contributed by atoms with Crippen LogP contribution in [0.2, 0.25) is 0 Å². The quantitative estimate of drug-likeness (QED) is 0.569. The SMILES string of the molecule is O=S1(=O)C=Cc2ccccc2O1. The van der Waals surface area contributed by atoms with Gasteiger partial charge in [-0.2, -0.15) is 8.42 Å². The van der Waals surface area contributed by atoms with Gasteiger partial charge in [0.1, 0.15) is 5.75 Å².